The van der Waals surface area contributed by atoms with Crippen molar-refractivity contribution in [3.63, 3.8) is 0 Å². The van der Waals surface area contributed by atoms with Crippen molar-refractivity contribution in [2.24, 2.45) is 5.92 Å². The predicted molar refractivity (Wildman–Crippen MR) is 154 cm³/mol. The molecule has 3 atom stereocenters. The van der Waals surface area contributed by atoms with Gasteiger partial charge in [-0.2, -0.15) is 26.3 Å². The summed E-state index contributed by atoms with van der Waals surface area (Å²) in [7, 11) is 0. The molecule has 0 radical (unpaired) electrons. The van der Waals surface area contributed by atoms with Crippen LogP contribution in [0.25, 0.3) is 0 Å². The van der Waals surface area contributed by atoms with Crippen LogP contribution in [0.2, 0.25) is 0 Å². The first-order valence-electron chi connectivity index (χ1n) is 12.2. The highest BCUT2D eigenvalue weighted by atomic mass is 79.9. The Bertz CT molecular complexity index is 1280. The quantitative estimate of drug-likeness (QED) is 0.225. The fourth-order valence-corrected chi connectivity index (χ4v) is 5.74. The summed E-state index contributed by atoms with van der Waals surface area (Å²) >= 11 is 8.74. The summed E-state index contributed by atoms with van der Waals surface area (Å²) in [6.07, 6.45) is -8.49. The average molecular weight is 787 g/mol. The van der Waals surface area contributed by atoms with Crippen molar-refractivity contribution >= 4 is 72.8 Å². The van der Waals surface area contributed by atoms with Crippen molar-refractivity contribution in [1.29, 1.82) is 0 Å². The summed E-state index contributed by atoms with van der Waals surface area (Å²) in [6.45, 7) is 4.66. The van der Waals surface area contributed by atoms with Crippen LogP contribution in [0.5, 0.6) is 0 Å². The average Bonchev–Trinajstić information content (AvgIpc) is 3.48. The number of aromatic nitrogens is 1. The molecule has 1 unspecified atom stereocenters. The molecule has 7 N–H and O–H groups in total. The number of halogens is 8. The van der Waals surface area contributed by atoms with Crippen LogP contribution in [-0.2, 0) is 32.1 Å². The number of hydrogen-bond acceptors (Lipinski definition) is 8. The molecule has 3 rings (SSSR count). The number of rotatable bonds is 7. The number of carboxylic acids is 2. The van der Waals surface area contributed by atoms with E-state index >= 15 is 0 Å². The number of pyridine rings is 1. The number of thiophene rings is 1. The van der Waals surface area contributed by atoms with Crippen LogP contribution < -0.4 is 21.7 Å². The van der Waals surface area contributed by atoms with Crippen LogP contribution in [0.1, 0.15) is 29.5 Å². The lowest BCUT2D eigenvalue weighted by atomic mass is 10.0. The second kappa shape index (κ2) is 16.9. The first-order chi connectivity index (χ1) is 20.1. The first-order valence-corrected chi connectivity index (χ1v) is 14.6. The third-order valence-corrected chi connectivity index (χ3v) is 8.91. The molecule has 2 amide bonds. The van der Waals surface area contributed by atoms with E-state index in [0.29, 0.717) is 18.3 Å². The largest absolute Gasteiger partial charge is 0.490 e. The van der Waals surface area contributed by atoms with Crippen molar-refractivity contribution in [3.05, 3.63) is 42.6 Å². The summed E-state index contributed by atoms with van der Waals surface area (Å²) in [5.41, 5.74) is 7.32. The van der Waals surface area contributed by atoms with Gasteiger partial charge in [0.05, 0.1) is 9.83 Å². The second-order valence-corrected chi connectivity index (χ2v) is 12.4. The van der Waals surface area contributed by atoms with Gasteiger partial charge >= 0.3 is 24.3 Å². The van der Waals surface area contributed by atoms with E-state index in [0.717, 1.165) is 38.9 Å². The van der Waals surface area contributed by atoms with Gasteiger partial charge in [-0.05, 0) is 88.7 Å². The number of alkyl halides is 6. The molecule has 3 heterocycles. The molecule has 0 saturated carbocycles. The zero-order valence-corrected chi connectivity index (χ0v) is 26.8. The van der Waals surface area contributed by atoms with E-state index in [1.807, 2.05) is 13.0 Å². The number of anilines is 1. The minimum Gasteiger partial charge on any atom is -0.475 e. The molecular formula is C24H27Br2F6N5O6S. The van der Waals surface area contributed by atoms with E-state index in [4.69, 9.17) is 25.5 Å². The molecule has 1 saturated heterocycles. The smallest absolute Gasteiger partial charge is 0.475 e. The molecule has 246 valence electrons. The van der Waals surface area contributed by atoms with Crippen LogP contribution in [-0.4, -0.2) is 69.9 Å². The lowest BCUT2D eigenvalue weighted by Gasteiger charge is -2.17. The molecule has 1 fully saturated rings. The molecule has 1 aliphatic heterocycles. The monoisotopic (exact) mass is 785 g/mol. The number of amides is 2. The maximum absolute atomic E-state index is 12.6. The molecule has 11 nitrogen and oxygen atoms in total. The van der Waals surface area contributed by atoms with Gasteiger partial charge in [0.25, 0.3) is 0 Å². The molecule has 0 spiro atoms. The van der Waals surface area contributed by atoms with E-state index in [2.05, 4.69) is 58.9 Å². The Morgan fingerprint density at radius 2 is 1.66 bits per heavy atom. The number of nitrogens with two attached hydrogens (primary N) is 1. The van der Waals surface area contributed by atoms with Crippen molar-refractivity contribution < 1.29 is 55.7 Å². The Morgan fingerprint density at radius 1 is 1.11 bits per heavy atom. The highest BCUT2D eigenvalue weighted by Gasteiger charge is 2.39. The molecule has 0 aromatic carbocycles. The van der Waals surface area contributed by atoms with Crippen LogP contribution in [0, 0.1) is 12.8 Å². The number of hydrogen-bond donors (Lipinski definition) is 6. The first kappa shape index (κ1) is 39.1. The summed E-state index contributed by atoms with van der Waals surface area (Å²) in [4.78, 5) is 48.2. The molecule has 0 bridgehead atoms. The molecule has 44 heavy (non-hydrogen) atoms. The van der Waals surface area contributed by atoms with Gasteiger partial charge in [-0.25, -0.2) is 14.6 Å². The van der Waals surface area contributed by atoms with Gasteiger partial charge in [0.1, 0.15) is 11.9 Å². The van der Waals surface area contributed by atoms with Gasteiger partial charge in [-0.3, -0.25) is 9.59 Å². The van der Waals surface area contributed by atoms with Crippen LogP contribution >= 0.6 is 43.2 Å². The standard InChI is InChI=1S/C20H25Br2N5O2S.2C2HF3O2/c1-10-13(3-4-17(23)26-10)9-25-19(28)11(2)27-20(29)16-6-12(8-24-16)5-14-7-15(21)18(22)30-14;2*3-2(4,5)1(6)7/h3-4,7,11-12,16,24H,5-6,8-9H2,1-2H3,(H2,23,26)(H,25,28)(H,27,29);2*(H,6,7)/t11?,12-,16+;;/m0../s1. The maximum atomic E-state index is 12.6. The SMILES string of the molecule is Cc1nc(N)ccc1CNC(=O)C(C)NC(=O)[C@H]1C[C@H](Cc2cc(Br)c(Br)s2)CN1.O=C(O)C(F)(F)F.O=C(O)C(F)(F)F. The Morgan fingerprint density at radius 3 is 2.11 bits per heavy atom. The fraction of sp³-hybridized carbons (Fsp3) is 0.458. The number of aryl methyl sites for hydroxylation is 1. The minimum absolute atomic E-state index is 0.140. The number of nitrogen functional groups attached to an aromatic ring is 1. The molecule has 2 aromatic heterocycles. The van der Waals surface area contributed by atoms with Gasteiger partial charge < -0.3 is 31.9 Å². The number of aliphatic carboxylic acids is 2. The number of nitrogens with one attached hydrogen (secondary N) is 3. The van der Waals surface area contributed by atoms with Gasteiger partial charge in [-0.1, -0.05) is 6.07 Å². The van der Waals surface area contributed by atoms with Crippen molar-refractivity contribution in [2.75, 3.05) is 12.3 Å². The zero-order valence-electron chi connectivity index (χ0n) is 22.8. The number of carbonyl (C=O) groups excluding carboxylic acids is 2. The lowest BCUT2D eigenvalue weighted by molar-refractivity contribution is -0.193. The van der Waals surface area contributed by atoms with Crippen LogP contribution in [0.4, 0.5) is 32.2 Å². The van der Waals surface area contributed by atoms with Crippen LogP contribution in [0.3, 0.4) is 0 Å². The van der Waals surface area contributed by atoms with E-state index in [1.165, 1.54) is 4.88 Å². The molecule has 2 aromatic rings. The van der Waals surface area contributed by atoms with Gasteiger partial charge in [0.2, 0.25) is 11.8 Å². The number of carboxylic acid groups (broad SMARTS) is 2. The highest BCUT2D eigenvalue weighted by Crippen LogP contribution is 2.34. The summed E-state index contributed by atoms with van der Waals surface area (Å²) < 4.78 is 65.6. The molecular weight excluding hydrogens is 760 g/mol. The van der Waals surface area contributed by atoms with Crippen molar-refractivity contribution in [2.45, 2.75) is 57.7 Å². The Balaban J connectivity index is 0.000000574. The van der Waals surface area contributed by atoms with Crippen LogP contribution in [0.15, 0.2) is 26.5 Å². The summed E-state index contributed by atoms with van der Waals surface area (Å²) in [6, 6.07) is 4.77. The molecule has 0 aliphatic carbocycles. The zero-order chi connectivity index (χ0) is 34.0. The minimum atomic E-state index is -5.08. The topological polar surface area (TPSA) is 184 Å². The van der Waals surface area contributed by atoms with E-state index in [-0.39, 0.29) is 17.9 Å². The van der Waals surface area contributed by atoms with Gasteiger partial charge in [0, 0.05) is 21.6 Å². The van der Waals surface area contributed by atoms with E-state index in [1.54, 1.807) is 24.3 Å². The Labute approximate surface area is 267 Å². The lowest BCUT2D eigenvalue weighted by Crippen LogP contribution is -2.50. The second-order valence-electron chi connectivity index (χ2n) is 9.14. The fourth-order valence-electron chi connectivity index (χ4n) is 3.45. The third kappa shape index (κ3) is 13.8. The Hall–Kier alpha value is -2.97. The van der Waals surface area contributed by atoms with Gasteiger partial charge in [0.15, 0.2) is 0 Å². The number of carbonyl (C=O) groups is 4. The van der Waals surface area contributed by atoms with Crippen molar-refractivity contribution in [1.82, 2.24) is 20.9 Å². The van der Waals surface area contributed by atoms with E-state index < -0.39 is 30.3 Å². The van der Waals surface area contributed by atoms with Crippen molar-refractivity contribution in [3.8, 4) is 0 Å². The Kier molecular flexibility index (Phi) is 15.0. The molecule has 1 aliphatic rings. The maximum Gasteiger partial charge on any atom is 0.490 e. The van der Waals surface area contributed by atoms with Gasteiger partial charge in [-0.15, -0.1) is 11.3 Å². The third-order valence-electron chi connectivity index (χ3n) is 5.63. The molecule has 20 heteroatoms. The summed E-state index contributed by atoms with van der Waals surface area (Å²) in [5.74, 6) is -5.05. The summed E-state index contributed by atoms with van der Waals surface area (Å²) in [5, 5.41) is 23.2. The normalized spacial score (nSPS) is 16.9. The number of nitrogens with zero attached hydrogens (tertiary/aromatic N) is 1. The predicted octanol–water partition coefficient (Wildman–Crippen LogP) is 4.17. The highest BCUT2D eigenvalue weighted by molar-refractivity contribution is 9.13. The van der Waals surface area contributed by atoms with E-state index in [9.17, 15) is 35.9 Å².